The standard InChI is InChI=1S/C14H19NO2/c1-11(12-6-4-3-5-7-12)15-9-8-13(10-15)14(16)17-2/h3-7,11,13H,8-10H2,1-2H3/t11-,13-/m0/s1. The highest BCUT2D eigenvalue weighted by Crippen LogP contribution is 2.27. The first-order chi connectivity index (χ1) is 8.22. The van der Waals surface area contributed by atoms with E-state index < -0.39 is 0 Å². The number of esters is 1. The van der Waals surface area contributed by atoms with Gasteiger partial charge >= 0.3 is 5.97 Å². The lowest BCUT2D eigenvalue weighted by Crippen LogP contribution is -2.26. The van der Waals surface area contributed by atoms with Gasteiger partial charge in [-0.05, 0) is 25.5 Å². The lowest BCUT2D eigenvalue weighted by Gasteiger charge is -2.24. The molecule has 1 fully saturated rings. The molecule has 0 spiro atoms. The molecule has 1 aliphatic heterocycles. The van der Waals surface area contributed by atoms with E-state index in [9.17, 15) is 4.79 Å². The predicted octanol–water partition coefficient (Wildman–Crippen LogP) is 2.24. The fraction of sp³-hybridized carbons (Fsp3) is 0.500. The molecule has 0 unspecified atom stereocenters. The summed E-state index contributed by atoms with van der Waals surface area (Å²) in [5.41, 5.74) is 1.30. The van der Waals surface area contributed by atoms with Crippen LogP contribution in [-0.4, -0.2) is 31.1 Å². The minimum absolute atomic E-state index is 0.0474. The van der Waals surface area contributed by atoms with E-state index in [2.05, 4.69) is 36.1 Å². The van der Waals surface area contributed by atoms with Crippen molar-refractivity contribution in [3.05, 3.63) is 35.9 Å². The Kier molecular flexibility index (Phi) is 3.79. The van der Waals surface area contributed by atoms with E-state index in [1.807, 2.05) is 6.07 Å². The molecule has 3 nitrogen and oxygen atoms in total. The van der Waals surface area contributed by atoms with Crippen molar-refractivity contribution in [1.82, 2.24) is 4.90 Å². The van der Waals surface area contributed by atoms with E-state index in [0.717, 1.165) is 19.5 Å². The van der Waals surface area contributed by atoms with Crippen molar-refractivity contribution in [2.24, 2.45) is 5.92 Å². The van der Waals surface area contributed by atoms with Crippen molar-refractivity contribution < 1.29 is 9.53 Å². The molecule has 1 aromatic rings. The third-order valence-corrected chi connectivity index (χ3v) is 3.58. The molecule has 1 saturated heterocycles. The lowest BCUT2D eigenvalue weighted by molar-refractivity contribution is -0.145. The van der Waals surface area contributed by atoms with Gasteiger partial charge in [-0.2, -0.15) is 0 Å². The van der Waals surface area contributed by atoms with E-state index in [1.165, 1.54) is 12.7 Å². The molecule has 1 heterocycles. The van der Waals surface area contributed by atoms with Gasteiger partial charge in [0, 0.05) is 12.6 Å². The SMILES string of the molecule is COC(=O)[C@H]1CCN([C@@H](C)c2ccccc2)C1. The van der Waals surface area contributed by atoms with Crippen LogP contribution >= 0.6 is 0 Å². The van der Waals surface area contributed by atoms with Crippen LogP contribution in [0.2, 0.25) is 0 Å². The van der Waals surface area contributed by atoms with Gasteiger partial charge < -0.3 is 4.74 Å². The highest BCUT2D eigenvalue weighted by Gasteiger charge is 2.31. The highest BCUT2D eigenvalue weighted by molar-refractivity contribution is 5.72. The first-order valence-electron chi connectivity index (χ1n) is 6.09. The van der Waals surface area contributed by atoms with Crippen LogP contribution < -0.4 is 0 Å². The van der Waals surface area contributed by atoms with Crippen molar-refractivity contribution in [1.29, 1.82) is 0 Å². The van der Waals surface area contributed by atoms with Crippen LogP contribution in [0.25, 0.3) is 0 Å². The van der Waals surface area contributed by atoms with Crippen molar-refractivity contribution in [3.8, 4) is 0 Å². The van der Waals surface area contributed by atoms with Crippen LogP contribution in [0.1, 0.15) is 24.9 Å². The highest BCUT2D eigenvalue weighted by atomic mass is 16.5. The molecular formula is C14H19NO2. The summed E-state index contributed by atoms with van der Waals surface area (Å²) in [6, 6.07) is 10.8. The number of hydrogen-bond donors (Lipinski definition) is 0. The van der Waals surface area contributed by atoms with Gasteiger partial charge in [0.15, 0.2) is 0 Å². The molecule has 0 saturated carbocycles. The average molecular weight is 233 g/mol. The molecule has 0 bridgehead atoms. The Morgan fingerprint density at radius 1 is 1.41 bits per heavy atom. The van der Waals surface area contributed by atoms with Gasteiger partial charge in [-0.15, -0.1) is 0 Å². The molecule has 92 valence electrons. The number of methoxy groups -OCH3 is 1. The van der Waals surface area contributed by atoms with Crippen molar-refractivity contribution >= 4 is 5.97 Å². The average Bonchev–Trinajstić information content (AvgIpc) is 2.87. The molecule has 1 aromatic carbocycles. The molecule has 17 heavy (non-hydrogen) atoms. The van der Waals surface area contributed by atoms with Crippen LogP contribution in [0.3, 0.4) is 0 Å². The normalized spacial score (nSPS) is 22.4. The number of carbonyl (C=O) groups is 1. The molecule has 2 atom stereocenters. The number of nitrogens with zero attached hydrogens (tertiary/aromatic N) is 1. The Morgan fingerprint density at radius 3 is 2.76 bits per heavy atom. The lowest BCUT2D eigenvalue weighted by atomic mass is 10.1. The molecule has 0 aliphatic carbocycles. The Hall–Kier alpha value is -1.35. The van der Waals surface area contributed by atoms with Gasteiger partial charge in [0.2, 0.25) is 0 Å². The molecule has 0 aromatic heterocycles. The van der Waals surface area contributed by atoms with E-state index in [4.69, 9.17) is 4.74 Å². The van der Waals surface area contributed by atoms with Gasteiger partial charge in [-0.3, -0.25) is 9.69 Å². The van der Waals surface area contributed by atoms with E-state index in [-0.39, 0.29) is 11.9 Å². The first-order valence-corrected chi connectivity index (χ1v) is 6.09. The smallest absolute Gasteiger partial charge is 0.310 e. The molecule has 3 heteroatoms. The summed E-state index contributed by atoms with van der Waals surface area (Å²) < 4.78 is 4.80. The summed E-state index contributed by atoms with van der Waals surface area (Å²) in [6.45, 7) is 3.97. The number of ether oxygens (including phenoxy) is 1. The maximum atomic E-state index is 11.5. The van der Waals surface area contributed by atoms with Gasteiger partial charge in [-0.25, -0.2) is 0 Å². The third-order valence-electron chi connectivity index (χ3n) is 3.58. The van der Waals surface area contributed by atoms with Crippen LogP contribution in [-0.2, 0) is 9.53 Å². The van der Waals surface area contributed by atoms with Crippen LogP contribution in [0, 0.1) is 5.92 Å². The Bertz CT molecular complexity index is 377. The van der Waals surface area contributed by atoms with Gasteiger partial charge in [0.1, 0.15) is 0 Å². The van der Waals surface area contributed by atoms with Crippen molar-refractivity contribution in [2.75, 3.05) is 20.2 Å². The van der Waals surface area contributed by atoms with E-state index in [0.29, 0.717) is 6.04 Å². The largest absolute Gasteiger partial charge is 0.469 e. The zero-order chi connectivity index (χ0) is 12.3. The Labute approximate surface area is 102 Å². The van der Waals surface area contributed by atoms with Crippen molar-refractivity contribution in [2.45, 2.75) is 19.4 Å². The summed E-state index contributed by atoms with van der Waals surface area (Å²) in [7, 11) is 1.46. The molecule has 0 amide bonds. The molecule has 0 N–H and O–H groups in total. The predicted molar refractivity (Wildman–Crippen MR) is 66.6 cm³/mol. The molecule has 0 radical (unpaired) electrons. The second kappa shape index (κ2) is 5.32. The molecular weight excluding hydrogens is 214 g/mol. The quantitative estimate of drug-likeness (QED) is 0.750. The maximum absolute atomic E-state index is 11.5. The number of hydrogen-bond acceptors (Lipinski definition) is 3. The topological polar surface area (TPSA) is 29.5 Å². The summed E-state index contributed by atoms with van der Waals surface area (Å²) >= 11 is 0. The fourth-order valence-electron chi connectivity index (χ4n) is 2.44. The number of rotatable bonds is 3. The second-order valence-electron chi connectivity index (χ2n) is 4.59. The zero-order valence-corrected chi connectivity index (χ0v) is 10.4. The summed E-state index contributed by atoms with van der Waals surface area (Å²) in [5.74, 6) is -0.0288. The summed E-state index contributed by atoms with van der Waals surface area (Å²) in [6.07, 6.45) is 0.907. The second-order valence-corrected chi connectivity index (χ2v) is 4.59. The third kappa shape index (κ3) is 2.67. The van der Waals surface area contributed by atoms with E-state index in [1.54, 1.807) is 0 Å². The number of benzene rings is 1. The Morgan fingerprint density at radius 2 is 2.12 bits per heavy atom. The summed E-state index contributed by atoms with van der Waals surface area (Å²) in [5, 5.41) is 0. The zero-order valence-electron chi connectivity index (χ0n) is 10.4. The molecule has 1 aliphatic rings. The molecule has 2 rings (SSSR count). The van der Waals surface area contributed by atoms with E-state index >= 15 is 0 Å². The van der Waals surface area contributed by atoms with Gasteiger partial charge in [0.25, 0.3) is 0 Å². The minimum atomic E-state index is -0.0761. The Balaban J connectivity index is 1.99. The number of likely N-dealkylation sites (tertiary alicyclic amines) is 1. The maximum Gasteiger partial charge on any atom is 0.310 e. The fourth-order valence-corrected chi connectivity index (χ4v) is 2.44. The monoisotopic (exact) mass is 233 g/mol. The minimum Gasteiger partial charge on any atom is -0.469 e. The number of carbonyl (C=O) groups excluding carboxylic acids is 1. The van der Waals surface area contributed by atoms with Crippen LogP contribution in [0.5, 0.6) is 0 Å². The van der Waals surface area contributed by atoms with Crippen LogP contribution in [0.4, 0.5) is 0 Å². The summed E-state index contributed by atoms with van der Waals surface area (Å²) in [4.78, 5) is 13.8. The first kappa shape index (κ1) is 12.1. The van der Waals surface area contributed by atoms with Gasteiger partial charge in [-0.1, -0.05) is 30.3 Å². The van der Waals surface area contributed by atoms with Crippen LogP contribution in [0.15, 0.2) is 30.3 Å². The van der Waals surface area contributed by atoms with Gasteiger partial charge in [0.05, 0.1) is 13.0 Å². The van der Waals surface area contributed by atoms with Crippen molar-refractivity contribution in [3.63, 3.8) is 0 Å².